The highest BCUT2D eigenvalue weighted by molar-refractivity contribution is 7.98. The van der Waals surface area contributed by atoms with Crippen molar-refractivity contribution in [2.24, 2.45) is 0 Å². The SMILES string of the molecule is CCNC(=O)NCC(O)c1ccc(SC)cc1. The summed E-state index contributed by atoms with van der Waals surface area (Å²) in [6.45, 7) is 2.63. The van der Waals surface area contributed by atoms with Gasteiger partial charge in [0.2, 0.25) is 0 Å². The molecule has 0 fully saturated rings. The minimum Gasteiger partial charge on any atom is -0.387 e. The van der Waals surface area contributed by atoms with E-state index in [4.69, 9.17) is 0 Å². The van der Waals surface area contributed by atoms with Gasteiger partial charge in [0.05, 0.1) is 6.10 Å². The Morgan fingerprint density at radius 1 is 1.35 bits per heavy atom. The van der Waals surface area contributed by atoms with Gasteiger partial charge in [-0.05, 0) is 30.9 Å². The van der Waals surface area contributed by atoms with E-state index in [2.05, 4.69) is 10.6 Å². The molecule has 4 nitrogen and oxygen atoms in total. The van der Waals surface area contributed by atoms with Crippen LogP contribution >= 0.6 is 11.8 Å². The quantitative estimate of drug-likeness (QED) is 0.702. The van der Waals surface area contributed by atoms with Gasteiger partial charge in [0.25, 0.3) is 0 Å². The summed E-state index contributed by atoms with van der Waals surface area (Å²) in [6, 6.07) is 7.39. The molecule has 0 aliphatic rings. The molecule has 0 radical (unpaired) electrons. The number of rotatable bonds is 5. The summed E-state index contributed by atoms with van der Waals surface area (Å²) in [7, 11) is 0. The summed E-state index contributed by atoms with van der Waals surface area (Å²) in [4.78, 5) is 12.3. The van der Waals surface area contributed by atoms with Gasteiger partial charge in [0.1, 0.15) is 0 Å². The van der Waals surface area contributed by atoms with E-state index in [0.29, 0.717) is 6.54 Å². The second-order valence-corrected chi connectivity index (χ2v) is 4.41. The normalized spacial score (nSPS) is 11.9. The van der Waals surface area contributed by atoms with Crippen LogP contribution in [0.3, 0.4) is 0 Å². The van der Waals surface area contributed by atoms with Gasteiger partial charge in [-0.3, -0.25) is 0 Å². The fourth-order valence-corrected chi connectivity index (χ4v) is 1.76. The third-order valence-electron chi connectivity index (χ3n) is 2.29. The molecule has 0 aromatic heterocycles. The van der Waals surface area contributed by atoms with Crippen LogP contribution < -0.4 is 10.6 Å². The first-order valence-electron chi connectivity index (χ1n) is 5.51. The van der Waals surface area contributed by atoms with Crippen LogP contribution in [0.1, 0.15) is 18.6 Å². The molecule has 1 unspecified atom stereocenters. The molecule has 0 spiro atoms. The number of hydrogen-bond donors (Lipinski definition) is 3. The Kier molecular flexibility index (Phi) is 5.86. The highest BCUT2D eigenvalue weighted by Gasteiger charge is 2.08. The summed E-state index contributed by atoms with van der Waals surface area (Å²) in [5.74, 6) is 0. The third kappa shape index (κ3) is 4.66. The maximum Gasteiger partial charge on any atom is 0.314 e. The molecule has 1 aromatic carbocycles. The van der Waals surface area contributed by atoms with Crippen molar-refractivity contribution in [3.63, 3.8) is 0 Å². The van der Waals surface area contributed by atoms with E-state index in [1.807, 2.05) is 37.4 Å². The highest BCUT2D eigenvalue weighted by atomic mass is 32.2. The average Bonchev–Trinajstić information content (AvgIpc) is 2.36. The van der Waals surface area contributed by atoms with Gasteiger partial charge >= 0.3 is 6.03 Å². The standard InChI is InChI=1S/C12H18N2O2S/c1-3-13-12(16)14-8-11(15)9-4-6-10(17-2)7-5-9/h4-7,11,15H,3,8H2,1-2H3,(H2,13,14,16). The zero-order chi connectivity index (χ0) is 12.7. The van der Waals surface area contributed by atoms with E-state index in [1.54, 1.807) is 11.8 Å². The maximum atomic E-state index is 11.1. The van der Waals surface area contributed by atoms with Gasteiger partial charge in [0.15, 0.2) is 0 Å². The fraction of sp³-hybridized carbons (Fsp3) is 0.417. The second-order valence-electron chi connectivity index (χ2n) is 3.53. The van der Waals surface area contributed by atoms with Gasteiger partial charge in [-0.25, -0.2) is 4.79 Å². The predicted octanol–water partition coefficient (Wildman–Crippen LogP) is 1.76. The Morgan fingerprint density at radius 2 is 2.00 bits per heavy atom. The van der Waals surface area contributed by atoms with E-state index in [-0.39, 0.29) is 12.6 Å². The van der Waals surface area contributed by atoms with Crippen LogP contribution in [0.5, 0.6) is 0 Å². The molecule has 0 saturated carbocycles. The molecule has 1 atom stereocenters. The molecule has 1 rings (SSSR count). The van der Waals surface area contributed by atoms with E-state index in [0.717, 1.165) is 10.5 Å². The molecule has 1 aromatic rings. The zero-order valence-electron chi connectivity index (χ0n) is 10.1. The topological polar surface area (TPSA) is 61.4 Å². The van der Waals surface area contributed by atoms with Crippen LogP contribution in [-0.2, 0) is 0 Å². The summed E-state index contributed by atoms with van der Waals surface area (Å²) in [5, 5.41) is 15.1. The third-order valence-corrected chi connectivity index (χ3v) is 3.04. The van der Waals surface area contributed by atoms with Crippen LogP contribution in [0.4, 0.5) is 4.79 Å². The Morgan fingerprint density at radius 3 is 2.53 bits per heavy atom. The lowest BCUT2D eigenvalue weighted by atomic mass is 10.1. The van der Waals surface area contributed by atoms with E-state index in [1.165, 1.54) is 0 Å². The number of aliphatic hydroxyl groups is 1. The van der Waals surface area contributed by atoms with Crippen molar-refractivity contribution in [1.82, 2.24) is 10.6 Å². The summed E-state index contributed by atoms with van der Waals surface area (Å²) in [5.41, 5.74) is 0.805. The number of urea groups is 1. The van der Waals surface area contributed by atoms with Crippen molar-refractivity contribution >= 4 is 17.8 Å². The molecular weight excluding hydrogens is 236 g/mol. The number of nitrogens with one attached hydrogen (secondary N) is 2. The highest BCUT2D eigenvalue weighted by Crippen LogP contribution is 2.18. The monoisotopic (exact) mass is 254 g/mol. The number of benzene rings is 1. The zero-order valence-corrected chi connectivity index (χ0v) is 10.9. The maximum absolute atomic E-state index is 11.1. The van der Waals surface area contributed by atoms with Gasteiger partial charge in [-0.15, -0.1) is 11.8 Å². The van der Waals surface area contributed by atoms with Gasteiger partial charge < -0.3 is 15.7 Å². The van der Waals surface area contributed by atoms with E-state index in [9.17, 15) is 9.90 Å². The summed E-state index contributed by atoms with van der Waals surface area (Å²) >= 11 is 1.65. The lowest BCUT2D eigenvalue weighted by Gasteiger charge is -2.12. The Hall–Kier alpha value is -1.20. The summed E-state index contributed by atoms with van der Waals surface area (Å²) in [6.07, 6.45) is 1.33. The van der Waals surface area contributed by atoms with Crippen LogP contribution in [-0.4, -0.2) is 30.5 Å². The number of thioether (sulfide) groups is 1. The second kappa shape index (κ2) is 7.19. The Balaban J connectivity index is 2.46. The number of carbonyl (C=O) groups is 1. The van der Waals surface area contributed by atoms with Crippen molar-refractivity contribution in [1.29, 1.82) is 0 Å². The first-order chi connectivity index (χ1) is 8.17. The first-order valence-corrected chi connectivity index (χ1v) is 6.73. The van der Waals surface area contributed by atoms with Crippen LogP contribution in [0.15, 0.2) is 29.2 Å². The van der Waals surface area contributed by atoms with Crippen molar-refractivity contribution in [3.8, 4) is 0 Å². The largest absolute Gasteiger partial charge is 0.387 e. The van der Waals surface area contributed by atoms with Crippen LogP contribution in [0.25, 0.3) is 0 Å². The van der Waals surface area contributed by atoms with Crippen molar-refractivity contribution in [2.75, 3.05) is 19.3 Å². The molecule has 3 N–H and O–H groups in total. The van der Waals surface area contributed by atoms with Crippen molar-refractivity contribution in [2.45, 2.75) is 17.9 Å². The number of hydrogen-bond acceptors (Lipinski definition) is 3. The van der Waals surface area contributed by atoms with Gasteiger partial charge in [-0.2, -0.15) is 0 Å². The van der Waals surface area contributed by atoms with Crippen molar-refractivity contribution < 1.29 is 9.90 Å². The smallest absolute Gasteiger partial charge is 0.314 e. The molecule has 0 aliphatic carbocycles. The number of carbonyl (C=O) groups excluding carboxylic acids is 1. The lowest BCUT2D eigenvalue weighted by molar-refractivity contribution is 0.173. The Labute approximate surface area is 106 Å². The van der Waals surface area contributed by atoms with Gasteiger partial charge in [0, 0.05) is 18.0 Å². The lowest BCUT2D eigenvalue weighted by Crippen LogP contribution is -2.37. The van der Waals surface area contributed by atoms with Crippen LogP contribution in [0, 0.1) is 0 Å². The van der Waals surface area contributed by atoms with Crippen LogP contribution in [0.2, 0.25) is 0 Å². The number of amides is 2. The van der Waals surface area contributed by atoms with Gasteiger partial charge in [-0.1, -0.05) is 12.1 Å². The fourth-order valence-electron chi connectivity index (χ4n) is 1.36. The molecule has 0 bridgehead atoms. The molecule has 0 heterocycles. The summed E-state index contributed by atoms with van der Waals surface area (Å²) < 4.78 is 0. The minimum atomic E-state index is -0.673. The predicted molar refractivity (Wildman–Crippen MR) is 70.3 cm³/mol. The van der Waals surface area contributed by atoms with E-state index < -0.39 is 6.10 Å². The molecule has 0 saturated heterocycles. The molecule has 0 aliphatic heterocycles. The molecule has 94 valence electrons. The molecule has 2 amide bonds. The average molecular weight is 254 g/mol. The molecule has 5 heteroatoms. The molecule has 17 heavy (non-hydrogen) atoms. The Bertz CT molecular complexity index is 354. The first kappa shape index (κ1) is 13.9. The molecular formula is C12H18N2O2S. The number of aliphatic hydroxyl groups excluding tert-OH is 1. The van der Waals surface area contributed by atoms with Crippen molar-refractivity contribution in [3.05, 3.63) is 29.8 Å². The minimum absolute atomic E-state index is 0.213. The van der Waals surface area contributed by atoms with E-state index >= 15 is 0 Å².